The highest BCUT2D eigenvalue weighted by molar-refractivity contribution is 5.54. The molecule has 0 spiro atoms. The minimum atomic E-state index is 0.336. The van der Waals surface area contributed by atoms with Crippen molar-refractivity contribution in [3.63, 3.8) is 0 Å². The maximum atomic E-state index is 5.40. The largest absolute Gasteiger partial charge is 0.381 e. The minimum absolute atomic E-state index is 0.336. The molecule has 2 aromatic heterocycles. The highest BCUT2D eigenvalue weighted by Gasteiger charge is 2.17. The Bertz CT molecular complexity index is 608. The Morgan fingerprint density at radius 1 is 1.30 bits per heavy atom. The van der Waals surface area contributed by atoms with Crippen molar-refractivity contribution >= 4 is 5.82 Å². The van der Waals surface area contributed by atoms with Gasteiger partial charge in [-0.05, 0) is 30.9 Å². The number of methoxy groups -OCH3 is 1. The number of anilines is 1. The molecular formula is C16H22N4O3. The van der Waals surface area contributed by atoms with E-state index in [1.807, 2.05) is 12.1 Å². The summed E-state index contributed by atoms with van der Waals surface area (Å²) in [4.78, 5) is 11.0. The number of hydrogen-bond donors (Lipinski definition) is 0. The van der Waals surface area contributed by atoms with Gasteiger partial charge in [0.05, 0.1) is 5.56 Å². The summed E-state index contributed by atoms with van der Waals surface area (Å²) in [5.41, 5.74) is 0.808. The van der Waals surface area contributed by atoms with Gasteiger partial charge >= 0.3 is 0 Å². The predicted molar refractivity (Wildman–Crippen MR) is 85.1 cm³/mol. The fraction of sp³-hybridized carbons (Fsp3) is 0.562. The summed E-state index contributed by atoms with van der Waals surface area (Å²) in [5.74, 6) is 2.60. The van der Waals surface area contributed by atoms with Crippen LogP contribution in [0.15, 0.2) is 22.9 Å². The number of pyridine rings is 1. The van der Waals surface area contributed by atoms with E-state index >= 15 is 0 Å². The Balaban J connectivity index is 1.63. The molecule has 7 heteroatoms. The molecule has 1 saturated heterocycles. The predicted octanol–water partition coefficient (Wildman–Crippen LogP) is 2.14. The van der Waals surface area contributed by atoms with E-state index in [1.54, 1.807) is 13.3 Å². The van der Waals surface area contributed by atoms with Gasteiger partial charge in [0.25, 0.3) is 5.89 Å². The molecule has 3 heterocycles. The molecule has 0 aliphatic carbocycles. The van der Waals surface area contributed by atoms with Gasteiger partial charge in [-0.2, -0.15) is 4.98 Å². The van der Waals surface area contributed by atoms with Crippen molar-refractivity contribution in [3.05, 3.63) is 24.2 Å². The second kappa shape index (κ2) is 7.52. The summed E-state index contributed by atoms with van der Waals surface area (Å²) in [5, 5.41) is 3.86. The zero-order valence-electron chi connectivity index (χ0n) is 13.6. The summed E-state index contributed by atoms with van der Waals surface area (Å²) in [7, 11) is 3.67. The lowest BCUT2D eigenvalue weighted by Gasteiger charge is -2.27. The SMILES string of the molecule is COCc1noc(-c2ccc(N(C)CC3CCOCC3)nc2)n1. The van der Waals surface area contributed by atoms with Gasteiger partial charge < -0.3 is 18.9 Å². The van der Waals surface area contributed by atoms with E-state index < -0.39 is 0 Å². The summed E-state index contributed by atoms with van der Waals surface area (Å²) < 4.78 is 15.6. The first kappa shape index (κ1) is 15.9. The number of ether oxygens (including phenoxy) is 2. The van der Waals surface area contributed by atoms with Gasteiger partial charge in [-0.1, -0.05) is 5.16 Å². The lowest BCUT2D eigenvalue weighted by molar-refractivity contribution is 0.0685. The maximum absolute atomic E-state index is 5.40. The van der Waals surface area contributed by atoms with Gasteiger partial charge in [-0.3, -0.25) is 0 Å². The molecular weight excluding hydrogens is 296 g/mol. The lowest BCUT2D eigenvalue weighted by Crippen LogP contribution is -2.29. The maximum Gasteiger partial charge on any atom is 0.259 e. The third-order valence-corrected chi connectivity index (χ3v) is 4.00. The Labute approximate surface area is 135 Å². The van der Waals surface area contributed by atoms with Crippen LogP contribution in [0.1, 0.15) is 18.7 Å². The third kappa shape index (κ3) is 4.05. The van der Waals surface area contributed by atoms with Crippen molar-refractivity contribution in [2.24, 2.45) is 5.92 Å². The van der Waals surface area contributed by atoms with E-state index in [2.05, 4.69) is 27.1 Å². The number of nitrogens with zero attached hydrogens (tertiary/aromatic N) is 4. The molecule has 1 aliphatic rings. The first-order valence-corrected chi connectivity index (χ1v) is 7.83. The zero-order valence-corrected chi connectivity index (χ0v) is 13.6. The molecule has 124 valence electrons. The van der Waals surface area contributed by atoms with Crippen LogP contribution in [0.2, 0.25) is 0 Å². The van der Waals surface area contributed by atoms with E-state index in [0.717, 1.165) is 44.0 Å². The van der Waals surface area contributed by atoms with Gasteiger partial charge in [-0.15, -0.1) is 0 Å². The Morgan fingerprint density at radius 2 is 2.13 bits per heavy atom. The second-order valence-corrected chi connectivity index (χ2v) is 5.79. The first-order valence-electron chi connectivity index (χ1n) is 7.83. The van der Waals surface area contributed by atoms with Crippen LogP contribution in [-0.4, -0.2) is 49.0 Å². The fourth-order valence-corrected chi connectivity index (χ4v) is 2.71. The smallest absolute Gasteiger partial charge is 0.259 e. The Kier molecular flexibility index (Phi) is 5.19. The van der Waals surface area contributed by atoms with Crippen molar-refractivity contribution in [2.45, 2.75) is 19.4 Å². The van der Waals surface area contributed by atoms with E-state index in [9.17, 15) is 0 Å². The third-order valence-electron chi connectivity index (χ3n) is 4.00. The molecule has 0 bridgehead atoms. The molecule has 0 radical (unpaired) electrons. The summed E-state index contributed by atoms with van der Waals surface area (Å²) in [6.45, 7) is 3.06. The van der Waals surface area contributed by atoms with Crippen molar-refractivity contribution in [1.29, 1.82) is 0 Å². The zero-order chi connectivity index (χ0) is 16.1. The van der Waals surface area contributed by atoms with E-state index in [1.165, 1.54) is 0 Å². The molecule has 0 unspecified atom stereocenters. The number of hydrogen-bond acceptors (Lipinski definition) is 7. The average Bonchev–Trinajstić information content (AvgIpc) is 3.05. The van der Waals surface area contributed by atoms with Crippen LogP contribution in [-0.2, 0) is 16.1 Å². The van der Waals surface area contributed by atoms with E-state index in [4.69, 9.17) is 14.0 Å². The average molecular weight is 318 g/mol. The van der Waals surface area contributed by atoms with Crippen LogP contribution >= 0.6 is 0 Å². The van der Waals surface area contributed by atoms with Crippen molar-refractivity contribution in [3.8, 4) is 11.5 Å². The Morgan fingerprint density at radius 3 is 2.83 bits per heavy atom. The first-order chi connectivity index (χ1) is 11.3. The monoisotopic (exact) mass is 318 g/mol. The van der Waals surface area contributed by atoms with Crippen LogP contribution in [0.25, 0.3) is 11.5 Å². The van der Waals surface area contributed by atoms with E-state index in [0.29, 0.717) is 24.2 Å². The van der Waals surface area contributed by atoms with Crippen LogP contribution in [0.4, 0.5) is 5.82 Å². The van der Waals surface area contributed by atoms with Crippen LogP contribution in [0, 0.1) is 5.92 Å². The van der Waals surface area contributed by atoms with Gasteiger partial charge in [0.15, 0.2) is 5.82 Å². The molecule has 0 atom stereocenters. The van der Waals surface area contributed by atoms with Crippen molar-refractivity contribution < 1.29 is 14.0 Å². The number of rotatable bonds is 6. The summed E-state index contributed by atoms with van der Waals surface area (Å²) in [6.07, 6.45) is 4.00. The van der Waals surface area contributed by atoms with Crippen molar-refractivity contribution in [1.82, 2.24) is 15.1 Å². The molecule has 7 nitrogen and oxygen atoms in total. The van der Waals surface area contributed by atoms with Crippen LogP contribution in [0.5, 0.6) is 0 Å². The fourth-order valence-electron chi connectivity index (χ4n) is 2.71. The van der Waals surface area contributed by atoms with Gasteiger partial charge in [0, 0.05) is 40.1 Å². The molecule has 1 aliphatic heterocycles. The highest BCUT2D eigenvalue weighted by atomic mass is 16.5. The molecule has 23 heavy (non-hydrogen) atoms. The van der Waals surface area contributed by atoms with E-state index in [-0.39, 0.29) is 0 Å². The second-order valence-electron chi connectivity index (χ2n) is 5.79. The Hall–Kier alpha value is -1.99. The lowest BCUT2D eigenvalue weighted by atomic mass is 10.00. The number of aromatic nitrogens is 3. The summed E-state index contributed by atoms with van der Waals surface area (Å²) in [6, 6.07) is 3.93. The summed E-state index contributed by atoms with van der Waals surface area (Å²) >= 11 is 0. The molecule has 0 N–H and O–H groups in total. The van der Waals surface area contributed by atoms with Crippen LogP contribution in [0.3, 0.4) is 0 Å². The standard InChI is InChI=1S/C16H22N4O3/c1-20(10-12-5-7-22-8-6-12)15-4-3-13(9-17-15)16-18-14(11-21-2)19-23-16/h3-4,9,12H,5-8,10-11H2,1-2H3. The molecule has 0 aromatic carbocycles. The molecule has 1 fully saturated rings. The highest BCUT2D eigenvalue weighted by Crippen LogP contribution is 2.21. The normalized spacial score (nSPS) is 15.7. The molecule has 2 aromatic rings. The van der Waals surface area contributed by atoms with Gasteiger partial charge in [0.1, 0.15) is 12.4 Å². The van der Waals surface area contributed by atoms with Crippen LogP contribution < -0.4 is 4.90 Å². The molecule has 3 rings (SSSR count). The molecule has 0 saturated carbocycles. The quantitative estimate of drug-likeness (QED) is 0.808. The van der Waals surface area contributed by atoms with Crippen molar-refractivity contribution in [2.75, 3.05) is 38.8 Å². The minimum Gasteiger partial charge on any atom is -0.381 e. The topological polar surface area (TPSA) is 73.5 Å². The molecule has 0 amide bonds. The van der Waals surface area contributed by atoms with Gasteiger partial charge in [0.2, 0.25) is 0 Å². The van der Waals surface area contributed by atoms with Gasteiger partial charge in [-0.25, -0.2) is 4.98 Å².